The maximum Gasteiger partial charge on any atom is 0.290 e. The average Bonchev–Trinajstić information content (AvgIpc) is 3.10. The molecule has 2 fully saturated rings. The molecule has 1 aromatic heterocycles. The lowest BCUT2D eigenvalue weighted by atomic mass is 9.97. The highest BCUT2D eigenvalue weighted by molar-refractivity contribution is 8.18. The number of amides is 2. The number of pyridine rings is 1. The van der Waals surface area contributed by atoms with Gasteiger partial charge in [0.15, 0.2) is 0 Å². The summed E-state index contributed by atoms with van der Waals surface area (Å²) < 4.78 is 0. The van der Waals surface area contributed by atoms with Crippen LogP contribution in [0.25, 0.3) is 28.0 Å². The minimum Gasteiger partial charge on any atom is -0.369 e. The number of nitrogens with zero attached hydrogens (tertiary/aromatic N) is 3. The Labute approximate surface area is 191 Å². The summed E-state index contributed by atoms with van der Waals surface area (Å²) in [6, 6.07) is 12.6. The van der Waals surface area contributed by atoms with Crippen LogP contribution in [0.5, 0.6) is 0 Å². The second-order valence-electron chi connectivity index (χ2n) is 8.31. The van der Waals surface area contributed by atoms with Crippen molar-refractivity contribution < 1.29 is 9.59 Å². The van der Waals surface area contributed by atoms with Crippen LogP contribution in [0.2, 0.25) is 0 Å². The first-order chi connectivity index (χ1) is 15.5. The zero-order chi connectivity index (χ0) is 22.2. The summed E-state index contributed by atoms with van der Waals surface area (Å²) >= 11 is 0.933. The van der Waals surface area contributed by atoms with Gasteiger partial charge in [-0.2, -0.15) is 0 Å². The van der Waals surface area contributed by atoms with Gasteiger partial charge in [-0.15, -0.1) is 0 Å². The largest absolute Gasteiger partial charge is 0.369 e. The van der Waals surface area contributed by atoms with Crippen molar-refractivity contribution >= 4 is 45.4 Å². The number of piperazine rings is 1. The third-order valence-electron chi connectivity index (χ3n) is 6.08. The number of nitrogens with one attached hydrogen (secondary N) is 1. The molecule has 3 heterocycles. The summed E-state index contributed by atoms with van der Waals surface area (Å²) in [6.07, 6.45) is 5.50. The van der Waals surface area contributed by atoms with Crippen LogP contribution in [0.15, 0.2) is 53.7 Å². The van der Waals surface area contributed by atoms with Crippen molar-refractivity contribution in [3.63, 3.8) is 0 Å². The topological polar surface area (TPSA) is 65.5 Å². The predicted octanol–water partition coefficient (Wildman–Crippen LogP) is 4.29. The van der Waals surface area contributed by atoms with Crippen LogP contribution in [0.1, 0.15) is 11.1 Å². The van der Waals surface area contributed by atoms with Gasteiger partial charge in [0.2, 0.25) is 0 Å². The van der Waals surface area contributed by atoms with Crippen LogP contribution in [0.4, 0.5) is 10.5 Å². The number of aryl methyl sites for hydroxylation is 1. The zero-order valence-corrected chi connectivity index (χ0v) is 18.9. The number of hydrogen-bond acceptors (Lipinski definition) is 6. The van der Waals surface area contributed by atoms with Crippen LogP contribution in [0, 0.1) is 6.92 Å². The van der Waals surface area contributed by atoms with Crippen LogP contribution in [-0.2, 0) is 4.79 Å². The smallest absolute Gasteiger partial charge is 0.290 e. The lowest BCUT2D eigenvalue weighted by Gasteiger charge is -2.35. The Hall–Kier alpha value is -3.16. The lowest BCUT2D eigenvalue weighted by molar-refractivity contribution is -0.115. The molecular weight excluding hydrogens is 420 g/mol. The van der Waals surface area contributed by atoms with Gasteiger partial charge in [0.1, 0.15) is 0 Å². The summed E-state index contributed by atoms with van der Waals surface area (Å²) in [4.78, 5) is 33.1. The molecule has 32 heavy (non-hydrogen) atoms. The number of carbonyl (C=O) groups is 2. The molecule has 0 aliphatic carbocycles. The van der Waals surface area contributed by atoms with E-state index in [0.29, 0.717) is 4.91 Å². The first-order valence-electron chi connectivity index (χ1n) is 10.6. The first kappa shape index (κ1) is 20.7. The highest BCUT2D eigenvalue weighted by atomic mass is 32.2. The standard InChI is InChI=1S/C25H24N4O2S/c1-16-11-18(5-6-22(16)29-9-7-28(2)8-10-29)21-15-26-14-19-4-3-17(12-20(19)21)13-23-24(30)27-25(31)32-23/h3-6,11-15H,7-10H2,1-2H3,(H,27,30,31). The number of aromatic nitrogens is 1. The highest BCUT2D eigenvalue weighted by Gasteiger charge is 2.25. The van der Waals surface area contributed by atoms with Gasteiger partial charge in [-0.25, -0.2) is 0 Å². The summed E-state index contributed by atoms with van der Waals surface area (Å²) in [7, 11) is 2.17. The maximum absolute atomic E-state index is 11.9. The Morgan fingerprint density at radius 1 is 1.03 bits per heavy atom. The van der Waals surface area contributed by atoms with Crippen molar-refractivity contribution in [1.82, 2.24) is 15.2 Å². The zero-order valence-electron chi connectivity index (χ0n) is 18.1. The summed E-state index contributed by atoms with van der Waals surface area (Å²) in [5.41, 5.74) is 5.58. The molecular formula is C25H24N4O2S. The van der Waals surface area contributed by atoms with Gasteiger partial charge in [-0.05, 0) is 72.1 Å². The summed E-state index contributed by atoms with van der Waals surface area (Å²) in [5.74, 6) is -0.342. The monoisotopic (exact) mass is 444 g/mol. The number of rotatable bonds is 3. The van der Waals surface area contributed by atoms with E-state index in [9.17, 15) is 9.59 Å². The maximum atomic E-state index is 11.9. The van der Waals surface area contributed by atoms with Crippen LogP contribution >= 0.6 is 11.8 Å². The number of fused-ring (bicyclic) bond motifs is 1. The van der Waals surface area contributed by atoms with E-state index in [1.54, 1.807) is 6.08 Å². The molecule has 2 saturated heterocycles. The Morgan fingerprint density at radius 2 is 1.84 bits per heavy atom. The Kier molecular flexibility index (Phi) is 5.45. The molecule has 0 unspecified atom stereocenters. The molecule has 0 saturated carbocycles. The molecule has 3 aromatic rings. The van der Waals surface area contributed by atoms with Crippen LogP contribution in [-0.4, -0.2) is 54.3 Å². The predicted molar refractivity (Wildman–Crippen MR) is 131 cm³/mol. The molecule has 0 atom stereocenters. The summed E-state index contributed by atoms with van der Waals surface area (Å²) in [6.45, 7) is 6.40. The molecule has 2 aliphatic heterocycles. The fraction of sp³-hybridized carbons (Fsp3) is 0.240. The van der Waals surface area contributed by atoms with Crippen molar-refractivity contribution in [2.24, 2.45) is 0 Å². The molecule has 2 amide bonds. The number of imide groups is 1. The van der Waals surface area contributed by atoms with Gasteiger partial charge < -0.3 is 9.80 Å². The van der Waals surface area contributed by atoms with Crippen LogP contribution < -0.4 is 10.2 Å². The minimum atomic E-state index is -0.342. The van der Waals surface area contributed by atoms with Crippen molar-refractivity contribution in [2.45, 2.75) is 6.92 Å². The molecule has 0 bridgehead atoms. The quantitative estimate of drug-likeness (QED) is 0.608. The van der Waals surface area contributed by atoms with E-state index in [1.807, 2.05) is 24.5 Å². The van der Waals surface area contributed by atoms with E-state index in [2.05, 4.69) is 58.3 Å². The second kappa shape index (κ2) is 8.41. The van der Waals surface area contributed by atoms with E-state index in [1.165, 1.54) is 11.3 Å². The van der Waals surface area contributed by atoms with E-state index in [-0.39, 0.29) is 11.1 Å². The Balaban J connectivity index is 1.51. The first-order valence-corrected chi connectivity index (χ1v) is 11.5. The van der Waals surface area contributed by atoms with Crippen molar-refractivity contribution in [2.75, 3.05) is 38.1 Å². The molecule has 0 spiro atoms. The molecule has 2 aromatic carbocycles. The van der Waals surface area contributed by atoms with E-state index in [0.717, 1.165) is 65.4 Å². The number of likely N-dealkylation sites (N-methyl/N-ethyl adjacent to an activating group) is 1. The van der Waals surface area contributed by atoms with Gasteiger partial charge in [-0.1, -0.05) is 18.2 Å². The second-order valence-corrected chi connectivity index (χ2v) is 9.33. The average molecular weight is 445 g/mol. The lowest BCUT2D eigenvalue weighted by Crippen LogP contribution is -2.44. The number of thioether (sulfide) groups is 1. The normalized spacial score (nSPS) is 18.6. The van der Waals surface area contributed by atoms with Gasteiger partial charge in [0, 0.05) is 55.2 Å². The Bertz CT molecular complexity index is 1260. The summed E-state index contributed by atoms with van der Waals surface area (Å²) in [5, 5.41) is 4.07. The third kappa shape index (κ3) is 4.01. The Morgan fingerprint density at radius 3 is 2.56 bits per heavy atom. The molecule has 7 heteroatoms. The molecule has 6 nitrogen and oxygen atoms in total. The van der Waals surface area contributed by atoms with Gasteiger partial charge in [-0.3, -0.25) is 19.9 Å². The fourth-order valence-electron chi connectivity index (χ4n) is 4.30. The third-order valence-corrected chi connectivity index (χ3v) is 6.89. The molecule has 2 aliphatic rings. The van der Waals surface area contributed by atoms with Gasteiger partial charge in [0.25, 0.3) is 11.1 Å². The SMILES string of the molecule is Cc1cc(-c2cncc3ccc(C=C4SC(=O)NC4=O)cc23)ccc1N1CCN(C)CC1. The van der Waals surface area contributed by atoms with E-state index < -0.39 is 0 Å². The van der Waals surface area contributed by atoms with Crippen molar-refractivity contribution in [3.8, 4) is 11.1 Å². The van der Waals surface area contributed by atoms with Gasteiger partial charge >= 0.3 is 0 Å². The van der Waals surface area contributed by atoms with E-state index >= 15 is 0 Å². The number of anilines is 1. The molecule has 5 rings (SSSR count). The van der Waals surface area contributed by atoms with Crippen LogP contribution in [0.3, 0.4) is 0 Å². The molecule has 162 valence electrons. The number of carbonyl (C=O) groups excluding carboxylic acids is 2. The molecule has 1 N–H and O–H groups in total. The van der Waals surface area contributed by atoms with Crippen molar-refractivity contribution in [1.29, 1.82) is 0 Å². The van der Waals surface area contributed by atoms with E-state index in [4.69, 9.17) is 0 Å². The van der Waals surface area contributed by atoms with Gasteiger partial charge in [0.05, 0.1) is 4.91 Å². The number of benzene rings is 2. The fourth-order valence-corrected chi connectivity index (χ4v) is 4.98. The number of hydrogen-bond donors (Lipinski definition) is 1. The van der Waals surface area contributed by atoms with Crippen molar-refractivity contribution in [3.05, 3.63) is 64.8 Å². The highest BCUT2D eigenvalue weighted by Crippen LogP contribution is 2.33. The molecule has 0 radical (unpaired) electrons. The minimum absolute atomic E-state index is 0.331.